The number of benzene rings is 1. The lowest BCUT2D eigenvalue weighted by molar-refractivity contribution is -0.140. The molecular formula is C15H17F4NO. The molecule has 2 atom stereocenters. The fourth-order valence-electron chi connectivity index (χ4n) is 2.74. The molecule has 1 aliphatic rings. The topological polar surface area (TPSA) is 29.1 Å². The molecule has 21 heavy (non-hydrogen) atoms. The highest BCUT2D eigenvalue weighted by atomic mass is 19.4. The SMILES string of the molecule is CC1CCCC1CNC(=O)c1ccc(F)c(C(F)(F)F)c1. The van der Waals surface area contributed by atoms with Gasteiger partial charge in [-0.1, -0.05) is 19.8 Å². The molecule has 116 valence electrons. The summed E-state index contributed by atoms with van der Waals surface area (Å²) in [6.45, 7) is 2.54. The van der Waals surface area contributed by atoms with Gasteiger partial charge in [-0.25, -0.2) is 4.39 Å². The maximum atomic E-state index is 13.2. The molecule has 0 aliphatic heterocycles. The molecule has 2 nitrogen and oxygen atoms in total. The first-order chi connectivity index (χ1) is 9.79. The smallest absolute Gasteiger partial charge is 0.352 e. The Morgan fingerprint density at radius 3 is 2.62 bits per heavy atom. The van der Waals surface area contributed by atoms with Gasteiger partial charge < -0.3 is 5.32 Å². The van der Waals surface area contributed by atoms with E-state index in [0.29, 0.717) is 30.5 Å². The summed E-state index contributed by atoms with van der Waals surface area (Å²) < 4.78 is 51.0. The van der Waals surface area contributed by atoms with Crippen LogP contribution in [0.1, 0.15) is 42.1 Å². The Morgan fingerprint density at radius 1 is 1.33 bits per heavy atom. The van der Waals surface area contributed by atoms with Gasteiger partial charge in [0, 0.05) is 12.1 Å². The summed E-state index contributed by atoms with van der Waals surface area (Å²) in [5, 5.41) is 2.64. The Bertz CT molecular complexity index is 527. The number of alkyl halides is 3. The third-order valence-electron chi connectivity index (χ3n) is 4.10. The van der Waals surface area contributed by atoms with Gasteiger partial charge in [0.2, 0.25) is 0 Å². The maximum Gasteiger partial charge on any atom is 0.419 e. The van der Waals surface area contributed by atoms with Crippen molar-refractivity contribution in [3.8, 4) is 0 Å². The maximum absolute atomic E-state index is 13.2. The van der Waals surface area contributed by atoms with Gasteiger partial charge in [0.1, 0.15) is 5.82 Å². The number of nitrogens with one attached hydrogen (secondary N) is 1. The van der Waals surface area contributed by atoms with Crippen molar-refractivity contribution in [2.24, 2.45) is 11.8 Å². The van der Waals surface area contributed by atoms with Crippen LogP contribution in [0.5, 0.6) is 0 Å². The van der Waals surface area contributed by atoms with E-state index in [0.717, 1.165) is 25.3 Å². The van der Waals surface area contributed by atoms with Crippen LogP contribution in [0.3, 0.4) is 0 Å². The summed E-state index contributed by atoms with van der Waals surface area (Å²) in [4.78, 5) is 11.9. The predicted octanol–water partition coefficient (Wildman–Crippen LogP) is 4.01. The summed E-state index contributed by atoms with van der Waals surface area (Å²) in [6, 6.07) is 2.30. The van der Waals surface area contributed by atoms with E-state index >= 15 is 0 Å². The van der Waals surface area contributed by atoms with E-state index in [1.54, 1.807) is 0 Å². The minimum absolute atomic E-state index is 0.172. The number of hydrogen-bond acceptors (Lipinski definition) is 1. The largest absolute Gasteiger partial charge is 0.419 e. The van der Waals surface area contributed by atoms with E-state index in [-0.39, 0.29) is 5.56 Å². The zero-order chi connectivity index (χ0) is 15.6. The van der Waals surface area contributed by atoms with Crippen LogP contribution in [-0.2, 0) is 6.18 Å². The van der Waals surface area contributed by atoms with Gasteiger partial charge in [-0.15, -0.1) is 0 Å². The monoisotopic (exact) mass is 303 g/mol. The van der Waals surface area contributed by atoms with Gasteiger partial charge in [0.15, 0.2) is 0 Å². The molecule has 1 N–H and O–H groups in total. The number of carbonyl (C=O) groups excluding carboxylic acids is 1. The van der Waals surface area contributed by atoms with E-state index in [2.05, 4.69) is 12.2 Å². The van der Waals surface area contributed by atoms with Gasteiger partial charge in [-0.2, -0.15) is 13.2 Å². The molecule has 6 heteroatoms. The summed E-state index contributed by atoms with van der Waals surface area (Å²) in [5.41, 5.74) is -1.58. The first-order valence-electron chi connectivity index (χ1n) is 6.94. The lowest BCUT2D eigenvalue weighted by Gasteiger charge is -2.16. The molecule has 2 rings (SSSR count). The zero-order valence-electron chi connectivity index (χ0n) is 11.6. The lowest BCUT2D eigenvalue weighted by atomic mass is 9.98. The molecule has 1 aromatic carbocycles. The van der Waals surface area contributed by atoms with Crippen molar-refractivity contribution in [2.45, 2.75) is 32.4 Å². The molecule has 2 unspecified atom stereocenters. The van der Waals surface area contributed by atoms with Crippen molar-refractivity contribution in [2.75, 3.05) is 6.54 Å². The summed E-state index contributed by atoms with van der Waals surface area (Å²) in [5.74, 6) is -1.11. The van der Waals surface area contributed by atoms with Crippen LogP contribution >= 0.6 is 0 Å². The number of halogens is 4. The average molecular weight is 303 g/mol. The summed E-state index contributed by atoms with van der Waals surface area (Å²) in [6.07, 6.45) is -1.58. The van der Waals surface area contributed by atoms with Gasteiger partial charge in [-0.3, -0.25) is 4.79 Å². The van der Waals surface area contributed by atoms with E-state index in [1.807, 2.05) is 0 Å². The van der Waals surface area contributed by atoms with Crippen LogP contribution in [0, 0.1) is 17.7 Å². The minimum Gasteiger partial charge on any atom is -0.352 e. The molecule has 1 aliphatic carbocycles. The molecule has 1 fully saturated rings. The summed E-state index contributed by atoms with van der Waals surface area (Å²) in [7, 11) is 0. The van der Waals surface area contributed by atoms with Crippen molar-refractivity contribution < 1.29 is 22.4 Å². The Kier molecular flexibility index (Phi) is 4.54. The Morgan fingerprint density at radius 2 is 2.05 bits per heavy atom. The second-order valence-electron chi connectivity index (χ2n) is 5.57. The van der Waals surface area contributed by atoms with Crippen LogP contribution in [0.15, 0.2) is 18.2 Å². The Balaban J connectivity index is 2.06. The number of carbonyl (C=O) groups is 1. The van der Waals surface area contributed by atoms with Crippen molar-refractivity contribution in [3.05, 3.63) is 35.1 Å². The molecule has 0 spiro atoms. The highest BCUT2D eigenvalue weighted by Gasteiger charge is 2.34. The second kappa shape index (κ2) is 6.03. The molecule has 0 radical (unpaired) electrons. The molecule has 1 amide bonds. The van der Waals surface area contributed by atoms with E-state index in [9.17, 15) is 22.4 Å². The zero-order valence-corrected chi connectivity index (χ0v) is 11.6. The third-order valence-corrected chi connectivity index (χ3v) is 4.10. The van der Waals surface area contributed by atoms with Gasteiger partial charge in [-0.05, 0) is 36.5 Å². The number of rotatable bonds is 3. The lowest BCUT2D eigenvalue weighted by Crippen LogP contribution is -2.30. The fourth-order valence-corrected chi connectivity index (χ4v) is 2.74. The first-order valence-corrected chi connectivity index (χ1v) is 6.94. The third kappa shape index (κ3) is 3.74. The number of hydrogen-bond donors (Lipinski definition) is 1. The molecule has 0 heterocycles. The Hall–Kier alpha value is -1.59. The van der Waals surface area contributed by atoms with Crippen LogP contribution in [0.4, 0.5) is 17.6 Å². The van der Waals surface area contributed by atoms with Crippen molar-refractivity contribution >= 4 is 5.91 Å². The Labute approximate surface area is 120 Å². The fraction of sp³-hybridized carbons (Fsp3) is 0.533. The van der Waals surface area contributed by atoms with Crippen molar-refractivity contribution in [1.82, 2.24) is 5.32 Å². The first kappa shape index (κ1) is 15.8. The highest BCUT2D eigenvalue weighted by molar-refractivity contribution is 5.94. The second-order valence-corrected chi connectivity index (χ2v) is 5.57. The molecule has 1 aromatic rings. The van der Waals surface area contributed by atoms with Gasteiger partial charge in [0.25, 0.3) is 5.91 Å². The molecule has 0 saturated heterocycles. The van der Waals surface area contributed by atoms with Crippen molar-refractivity contribution in [3.63, 3.8) is 0 Å². The van der Waals surface area contributed by atoms with Crippen LogP contribution < -0.4 is 5.32 Å². The molecular weight excluding hydrogens is 286 g/mol. The normalized spacial score (nSPS) is 22.3. The standard InChI is InChI=1S/C15H17F4NO/c1-9-3-2-4-11(9)8-20-14(21)10-5-6-13(16)12(7-10)15(17,18)19/h5-7,9,11H,2-4,8H2,1H3,(H,20,21). The van der Waals surface area contributed by atoms with E-state index in [4.69, 9.17) is 0 Å². The van der Waals surface area contributed by atoms with Gasteiger partial charge in [0.05, 0.1) is 5.56 Å². The van der Waals surface area contributed by atoms with Crippen LogP contribution in [0.2, 0.25) is 0 Å². The van der Waals surface area contributed by atoms with E-state index < -0.39 is 23.5 Å². The number of amides is 1. The highest BCUT2D eigenvalue weighted by Crippen LogP contribution is 2.32. The van der Waals surface area contributed by atoms with Crippen LogP contribution in [-0.4, -0.2) is 12.5 Å². The predicted molar refractivity (Wildman–Crippen MR) is 70.2 cm³/mol. The van der Waals surface area contributed by atoms with E-state index in [1.165, 1.54) is 0 Å². The van der Waals surface area contributed by atoms with Crippen molar-refractivity contribution in [1.29, 1.82) is 0 Å². The molecule has 0 bridgehead atoms. The quantitative estimate of drug-likeness (QED) is 0.840. The average Bonchev–Trinajstić information content (AvgIpc) is 2.80. The van der Waals surface area contributed by atoms with Gasteiger partial charge >= 0.3 is 6.18 Å². The minimum atomic E-state index is -4.81. The summed E-state index contributed by atoms with van der Waals surface area (Å²) >= 11 is 0. The molecule has 0 aromatic heterocycles. The molecule has 1 saturated carbocycles. The van der Waals surface area contributed by atoms with Crippen LogP contribution in [0.25, 0.3) is 0 Å².